The number of hydrogen-bond donors (Lipinski definition) is 0. The van der Waals surface area contributed by atoms with E-state index in [0.29, 0.717) is 22.2 Å². The minimum Gasteiger partial charge on any atom is -0.263 e. The summed E-state index contributed by atoms with van der Waals surface area (Å²) in [6.07, 6.45) is 5.04. The van der Waals surface area contributed by atoms with Crippen molar-refractivity contribution in [2.45, 2.75) is 25.7 Å². The first-order valence-corrected chi connectivity index (χ1v) is 9.28. The van der Waals surface area contributed by atoms with Crippen molar-refractivity contribution in [1.29, 1.82) is 0 Å². The summed E-state index contributed by atoms with van der Waals surface area (Å²) in [4.78, 5) is 6.59. The molecule has 0 radical (unpaired) electrons. The summed E-state index contributed by atoms with van der Waals surface area (Å²) in [6, 6.07) is 8.92. The van der Waals surface area contributed by atoms with Gasteiger partial charge in [-0.2, -0.15) is 0 Å². The smallest absolute Gasteiger partial charge is 0.135 e. The van der Waals surface area contributed by atoms with Gasteiger partial charge in [-0.3, -0.25) is 9.89 Å². The lowest BCUT2D eigenvalue weighted by Gasteiger charge is -2.30. The summed E-state index contributed by atoms with van der Waals surface area (Å²) >= 11 is 12.7. The van der Waals surface area contributed by atoms with Crippen LogP contribution in [0.3, 0.4) is 0 Å². The van der Waals surface area contributed by atoms with E-state index in [9.17, 15) is 8.78 Å². The van der Waals surface area contributed by atoms with E-state index in [1.54, 1.807) is 18.2 Å². The highest BCUT2D eigenvalue weighted by Gasteiger charge is 2.39. The summed E-state index contributed by atoms with van der Waals surface area (Å²) in [7, 11) is 0. The Bertz CT molecular complexity index is 957. The average molecular weight is 405 g/mol. The second kappa shape index (κ2) is 7.19. The van der Waals surface area contributed by atoms with Crippen molar-refractivity contribution in [3.8, 4) is 0 Å². The van der Waals surface area contributed by atoms with Crippen LogP contribution in [-0.4, -0.2) is 16.7 Å². The molecule has 0 bridgehead atoms. The monoisotopic (exact) mass is 404 g/mol. The van der Waals surface area contributed by atoms with Crippen molar-refractivity contribution >= 4 is 28.9 Å². The highest BCUT2D eigenvalue weighted by atomic mass is 35.5. The van der Waals surface area contributed by atoms with E-state index in [0.717, 1.165) is 11.3 Å². The predicted octanol–water partition coefficient (Wildman–Crippen LogP) is 6.11. The van der Waals surface area contributed by atoms with Crippen LogP contribution in [0.15, 0.2) is 65.2 Å². The van der Waals surface area contributed by atoms with Gasteiger partial charge in [-0.25, -0.2) is 8.78 Å². The maximum Gasteiger partial charge on any atom is 0.135 e. The maximum absolute atomic E-state index is 14.5. The SMILES string of the molecule is CC1=CC=CC2C1=NC(c1c(F)cccc1F)N2Cc1c(Cl)cccc1Cl. The molecule has 0 aromatic heterocycles. The number of nitrogens with zero attached hydrogens (tertiary/aromatic N) is 2. The molecule has 2 atom stereocenters. The summed E-state index contributed by atoms with van der Waals surface area (Å²) in [5, 5.41) is 1.02. The van der Waals surface area contributed by atoms with Gasteiger partial charge in [0.05, 0.1) is 17.3 Å². The Labute approximate surface area is 166 Å². The van der Waals surface area contributed by atoms with E-state index in [1.807, 2.05) is 30.1 Å². The Kier molecular flexibility index (Phi) is 4.89. The normalized spacial score (nSPS) is 21.8. The molecule has 0 spiro atoms. The van der Waals surface area contributed by atoms with Gasteiger partial charge in [-0.05, 0) is 36.8 Å². The molecule has 0 amide bonds. The first-order chi connectivity index (χ1) is 13.0. The average Bonchev–Trinajstić information content (AvgIpc) is 2.98. The second-order valence-corrected chi connectivity index (χ2v) is 7.39. The quantitative estimate of drug-likeness (QED) is 0.602. The molecular formula is C21H16Cl2F2N2. The van der Waals surface area contributed by atoms with Crippen LogP contribution in [0.4, 0.5) is 8.78 Å². The number of rotatable bonds is 3. The Morgan fingerprint density at radius 2 is 1.67 bits per heavy atom. The van der Waals surface area contributed by atoms with E-state index < -0.39 is 17.8 Å². The zero-order chi connectivity index (χ0) is 19.1. The van der Waals surface area contributed by atoms with E-state index >= 15 is 0 Å². The van der Waals surface area contributed by atoms with E-state index in [1.165, 1.54) is 18.2 Å². The molecule has 27 heavy (non-hydrogen) atoms. The van der Waals surface area contributed by atoms with Gasteiger partial charge >= 0.3 is 0 Å². The molecule has 2 unspecified atom stereocenters. The second-order valence-electron chi connectivity index (χ2n) is 6.58. The van der Waals surface area contributed by atoms with Crippen LogP contribution in [0, 0.1) is 11.6 Å². The van der Waals surface area contributed by atoms with Gasteiger partial charge in [-0.1, -0.05) is 53.6 Å². The Morgan fingerprint density at radius 3 is 2.33 bits per heavy atom. The molecule has 1 aliphatic heterocycles. The molecule has 1 heterocycles. The zero-order valence-electron chi connectivity index (χ0n) is 14.5. The third kappa shape index (κ3) is 3.22. The number of aliphatic imine (C=N–C) groups is 1. The van der Waals surface area contributed by atoms with Gasteiger partial charge < -0.3 is 0 Å². The largest absolute Gasteiger partial charge is 0.263 e. The maximum atomic E-state index is 14.5. The molecule has 0 saturated heterocycles. The van der Waals surface area contributed by atoms with Crippen LogP contribution in [-0.2, 0) is 6.54 Å². The minimum atomic E-state index is -0.801. The molecule has 2 nitrogen and oxygen atoms in total. The number of fused-ring (bicyclic) bond motifs is 1. The fourth-order valence-corrected chi connectivity index (χ4v) is 4.07. The number of halogens is 4. The molecule has 0 N–H and O–H groups in total. The van der Waals surface area contributed by atoms with Crippen LogP contribution in [0.2, 0.25) is 10.0 Å². The van der Waals surface area contributed by atoms with Crippen molar-refractivity contribution in [2.24, 2.45) is 4.99 Å². The van der Waals surface area contributed by atoms with Gasteiger partial charge in [0.25, 0.3) is 0 Å². The molecule has 4 rings (SSSR count). The standard InChI is InChI=1S/C21H16Cl2F2N2/c1-12-5-2-10-18-20(12)26-21(19-16(24)8-4-9-17(19)25)27(18)11-13-14(22)6-3-7-15(13)23/h2-10,18,21H,11H2,1H3. The lowest BCUT2D eigenvalue weighted by atomic mass is 9.98. The molecule has 138 valence electrons. The van der Waals surface area contributed by atoms with Crippen molar-refractivity contribution in [2.75, 3.05) is 0 Å². The van der Waals surface area contributed by atoms with Gasteiger partial charge in [0.1, 0.15) is 17.8 Å². The third-order valence-electron chi connectivity index (χ3n) is 4.92. The van der Waals surface area contributed by atoms with Crippen LogP contribution in [0.1, 0.15) is 24.2 Å². The summed E-state index contributed by atoms with van der Waals surface area (Å²) < 4.78 is 29.1. The van der Waals surface area contributed by atoms with Crippen molar-refractivity contribution in [3.05, 3.63) is 93.0 Å². The van der Waals surface area contributed by atoms with Crippen LogP contribution in [0.25, 0.3) is 0 Å². The summed E-state index contributed by atoms with van der Waals surface area (Å²) in [5.74, 6) is -1.24. The lowest BCUT2D eigenvalue weighted by molar-refractivity contribution is 0.203. The van der Waals surface area contributed by atoms with Gasteiger partial charge in [-0.15, -0.1) is 0 Å². The molecule has 2 aromatic carbocycles. The van der Waals surface area contributed by atoms with Crippen molar-refractivity contribution in [3.63, 3.8) is 0 Å². The third-order valence-corrected chi connectivity index (χ3v) is 5.63. The molecular weight excluding hydrogens is 389 g/mol. The predicted molar refractivity (Wildman–Crippen MR) is 105 cm³/mol. The fourth-order valence-electron chi connectivity index (χ4n) is 3.56. The molecule has 1 aliphatic carbocycles. The summed E-state index contributed by atoms with van der Waals surface area (Å²) in [6.45, 7) is 2.25. The van der Waals surface area contributed by atoms with E-state index in [-0.39, 0.29) is 11.6 Å². The fraction of sp³-hybridized carbons (Fsp3) is 0.190. The first-order valence-electron chi connectivity index (χ1n) is 8.53. The molecule has 2 aromatic rings. The van der Waals surface area contributed by atoms with Crippen LogP contribution < -0.4 is 0 Å². The summed E-state index contributed by atoms with van der Waals surface area (Å²) in [5.41, 5.74) is 2.41. The molecule has 2 aliphatic rings. The molecule has 0 fully saturated rings. The number of allylic oxidation sites excluding steroid dienone is 2. The topological polar surface area (TPSA) is 15.6 Å². The molecule has 0 saturated carbocycles. The van der Waals surface area contributed by atoms with E-state index in [2.05, 4.69) is 4.99 Å². The van der Waals surface area contributed by atoms with E-state index in [4.69, 9.17) is 23.2 Å². The number of hydrogen-bond acceptors (Lipinski definition) is 2. The highest BCUT2D eigenvalue weighted by Crippen LogP contribution is 2.39. The Morgan fingerprint density at radius 1 is 1.04 bits per heavy atom. The van der Waals surface area contributed by atoms with Gasteiger partial charge in [0, 0.05) is 22.2 Å². The molecule has 6 heteroatoms. The van der Waals surface area contributed by atoms with Gasteiger partial charge in [0.2, 0.25) is 0 Å². The number of benzene rings is 2. The minimum absolute atomic E-state index is 0.0659. The van der Waals surface area contributed by atoms with Crippen LogP contribution in [0.5, 0.6) is 0 Å². The Balaban J connectivity index is 1.82. The first kappa shape index (κ1) is 18.4. The van der Waals surface area contributed by atoms with Crippen molar-refractivity contribution in [1.82, 2.24) is 4.90 Å². The Hall–Kier alpha value is -2.01. The lowest BCUT2D eigenvalue weighted by Crippen LogP contribution is -2.37. The van der Waals surface area contributed by atoms with Crippen LogP contribution >= 0.6 is 23.2 Å². The van der Waals surface area contributed by atoms with Crippen molar-refractivity contribution < 1.29 is 8.78 Å². The van der Waals surface area contributed by atoms with Gasteiger partial charge in [0.15, 0.2) is 0 Å². The highest BCUT2D eigenvalue weighted by molar-refractivity contribution is 6.36. The zero-order valence-corrected chi connectivity index (χ0v) is 16.0.